The van der Waals surface area contributed by atoms with E-state index >= 15 is 0 Å². The molecule has 0 radical (unpaired) electrons. The summed E-state index contributed by atoms with van der Waals surface area (Å²) in [5, 5.41) is 0. The van der Waals surface area contributed by atoms with Crippen LogP contribution in [0.2, 0.25) is 0 Å². The number of fused-ring (bicyclic) bond motifs is 1. The van der Waals surface area contributed by atoms with Crippen LogP contribution in [0, 0.1) is 11.8 Å². The highest BCUT2D eigenvalue weighted by Crippen LogP contribution is 2.43. The van der Waals surface area contributed by atoms with Crippen LogP contribution in [0.3, 0.4) is 0 Å². The van der Waals surface area contributed by atoms with Gasteiger partial charge in [0.2, 0.25) is 0 Å². The first-order chi connectivity index (χ1) is 8.26. The molecule has 1 heteroatoms. The molecule has 17 heavy (non-hydrogen) atoms. The summed E-state index contributed by atoms with van der Waals surface area (Å²) in [6.45, 7) is 4.66. The molecule has 0 aliphatic heterocycles. The maximum absolute atomic E-state index is 3.94. The molecule has 1 aliphatic carbocycles. The smallest absolute Gasteiger partial charge is 0.0426 e. The van der Waals surface area contributed by atoms with Crippen molar-refractivity contribution in [3.63, 3.8) is 0 Å². The molecule has 0 nitrogen and oxygen atoms in total. The topological polar surface area (TPSA) is 0 Å². The van der Waals surface area contributed by atoms with Crippen molar-refractivity contribution < 1.29 is 0 Å². The van der Waals surface area contributed by atoms with Crippen LogP contribution < -0.4 is 0 Å². The molecule has 0 amide bonds. The van der Waals surface area contributed by atoms with Crippen LogP contribution >= 0.6 is 15.9 Å². The lowest BCUT2D eigenvalue weighted by Gasteiger charge is -2.32. The molecule has 0 saturated carbocycles. The van der Waals surface area contributed by atoms with Gasteiger partial charge < -0.3 is 0 Å². The maximum atomic E-state index is 3.94. The second-order valence-corrected chi connectivity index (χ2v) is 6.30. The molecule has 0 fully saturated rings. The Morgan fingerprint density at radius 2 is 1.94 bits per heavy atom. The molecule has 0 bridgehead atoms. The van der Waals surface area contributed by atoms with Crippen molar-refractivity contribution in [3.05, 3.63) is 35.4 Å². The van der Waals surface area contributed by atoms with E-state index in [1.54, 1.807) is 5.56 Å². The summed E-state index contributed by atoms with van der Waals surface area (Å²) in [6.07, 6.45) is 6.66. The first-order valence-corrected chi connectivity index (χ1v) is 7.89. The second-order valence-electron chi connectivity index (χ2n) is 5.32. The first kappa shape index (κ1) is 13.1. The Hall–Kier alpha value is -0.300. The molecule has 0 spiro atoms. The lowest BCUT2D eigenvalue weighted by atomic mass is 9.78. The fourth-order valence-corrected chi connectivity index (χ4v) is 3.99. The highest BCUT2D eigenvalue weighted by atomic mass is 79.9. The van der Waals surface area contributed by atoms with E-state index in [1.165, 1.54) is 37.7 Å². The molecule has 2 atom stereocenters. The van der Waals surface area contributed by atoms with Gasteiger partial charge in [0.15, 0.2) is 0 Å². The van der Waals surface area contributed by atoms with E-state index in [1.807, 2.05) is 0 Å². The van der Waals surface area contributed by atoms with Crippen molar-refractivity contribution in [2.45, 2.75) is 50.8 Å². The molecule has 1 aliphatic rings. The van der Waals surface area contributed by atoms with Crippen LogP contribution in [0.25, 0.3) is 0 Å². The van der Waals surface area contributed by atoms with E-state index in [0.29, 0.717) is 4.83 Å². The van der Waals surface area contributed by atoms with Crippen molar-refractivity contribution in [1.29, 1.82) is 0 Å². The molecule has 0 aromatic heterocycles. The molecule has 0 heterocycles. The van der Waals surface area contributed by atoms with Crippen LogP contribution in [-0.4, -0.2) is 0 Å². The van der Waals surface area contributed by atoms with Crippen LogP contribution in [0.15, 0.2) is 24.3 Å². The SMILES string of the molecule is CCC(CC)CC1CCc2ccccc2C1Br. The van der Waals surface area contributed by atoms with Gasteiger partial charge in [0, 0.05) is 4.83 Å². The summed E-state index contributed by atoms with van der Waals surface area (Å²) in [4.78, 5) is 0.577. The van der Waals surface area contributed by atoms with Gasteiger partial charge in [-0.25, -0.2) is 0 Å². The number of halogens is 1. The summed E-state index contributed by atoms with van der Waals surface area (Å²) in [5.74, 6) is 1.74. The molecular weight excluding hydrogens is 272 g/mol. The maximum Gasteiger partial charge on any atom is 0.0426 e. The zero-order valence-corrected chi connectivity index (χ0v) is 12.5. The number of hydrogen-bond acceptors (Lipinski definition) is 0. The third-order valence-corrected chi connectivity index (χ3v) is 5.58. The van der Waals surface area contributed by atoms with Crippen molar-refractivity contribution in [2.75, 3.05) is 0 Å². The molecule has 2 rings (SSSR count). The Balaban J connectivity index is 2.09. The van der Waals surface area contributed by atoms with E-state index in [2.05, 4.69) is 54.0 Å². The van der Waals surface area contributed by atoms with Crippen LogP contribution in [0.1, 0.15) is 55.5 Å². The predicted octanol–water partition coefficient (Wildman–Crippen LogP) is 5.51. The average molecular weight is 295 g/mol. The Bertz CT molecular complexity index is 354. The fourth-order valence-electron chi connectivity index (χ4n) is 3.06. The van der Waals surface area contributed by atoms with Gasteiger partial charge in [-0.05, 0) is 42.2 Å². The highest BCUT2D eigenvalue weighted by molar-refractivity contribution is 9.09. The molecule has 1 aromatic carbocycles. The van der Waals surface area contributed by atoms with Crippen LogP contribution in [0.5, 0.6) is 0 Å². The highest BCUT2D eigenvalue weighted by Gasteiger charge is 2.28. The summed E-state index contributed by atoms with van der Waals surface area (Å²) in [5.41, 5.74) is 3.09. The monoisotopic (exact) mass is 294 g/mol. The summed E-state index contributed by atoms with van der Waals surface area (Å²) in [7, 11) is 0. The number of benzene rings is 1. The zero-order valence-electron chi connectivity index (χ0n) is 11.0. The van der Waals surface area contributed by atoms with E-state index in [9.17, 15) is 0 Å². The molecule has 94 valence electrons. The Morgan fingerprint density at radius 1 is 1.24 bits per heavy atom. The zero-order chi connectivity index (χ0) is 12.3. The van der Waals surface area contributed by atoms with Gasteiger partial charge in [-0.15, -0.1) is 0 Å². The van der Waals surface area contributed by atoms with E-state index < -0.39 is 0 Å². The summed E-state index contributed by atoms with van der Waals surface area (Å²) in [6, 6.07) is 8.93. The Labute approximate surface area is 114 Å². The molecule has 0 saturated heterocycles. The van der Waals surface area contributed by atoms with Crippen LogP contribution in [0.4, 0.5) is 0 Å². The Morgan fingerprint density at radius 3 is 2.65 bits per heavy atom. The lowest BCUT2D eigenvalue weighted by molar-refractivity contribution is 0.324. The largest absolute Gasteiger partial charge is 0.0836 e. The molecular formula is C16H23Br. The first-order valence-electron chi connectivity index (χ1n) is 6.98. The number of alkyl halides is 1. The minimum atomic E-state index is 0.577. The van der Waals surface area contributed by atoms with Crippen molar-refractivity contribution in [2.24, 2.45) is 11.8 Å². The summed E-state index contributed by atoms with van der Waals surface area (Å²) < 4.78 is 0. The van der Waals surface area contributed by atoms with E-state index in [4.69, 9.17) is 0 Å². The van der Waals surface area contributed by atoms with Gasteiger partial charge in [0.1, 0.15) is 0 Å². The molecule has 2 unspecified atom stereocenters. The number of hydrogen-bond donors (Lipinski definition) is 0. The summed E-state index contributed by atoms with van der Waals surface area (Å²) >= 11 is 3.94. The number of rotatable bonds is 4. The fraction of sp³-hybridized carbons (Fsp3) is 0.625. The molecule has 0 N–H and O–H groups in total. The van der Waals surface area contributed by atoms with E-state index in [0.717, 1.165) is 11.8 Å². The normalized spacial score (nSPS) is 23.8. The van der Waals surface area contributed by atoms with Gasteiger partial charge >= 0.3 is 0 Å². The van der Waals surface area contributed by atoms with E-state index in [-0.39, 0.29) is 0 Å². The third-order valence-electron chi connectivity index (χ3n) is 4.34. The third kappa shape index (κ3) is 2.93. The van der Waals surface area contributed by atoms with Gasteiger partial charge in [-0.1, -0.05) is 66.9 Å². The minimum Gasteiger partial charge on any atom is -0.0836 e. The lowest BCUT2D eigenvalue weighted by Crippen LogP contribution is -2.19. The average Bonchev–Trinajstić information content (AvgIpc) is 2.38. The predicted molar refractivity (Wildman–Crippen MR) is 78.6 cm³/mol. The molecule has 1 aromatic rings. The van der Waals surface area contributed by atoms with Gasteiger partial charge in [-0.3, -0.25) is 0 Å². The van der Waals surface area contributed by atoms with Crippen molar-refractivity contribution in [1.82, 2.24) is 0 Å². The van der Waals surface area contributed by atoms with Gasteiger partial charge in [0.05, 0.1) is 0 Å². The second kappa shape index (κ2) is 6.04. The quantitative estimate of drug-likeness (QED) is 0.642. The number of aryl methyl sites for hydroxylation is 1. The van der Waals surface area contributed by atoms with Gasteiger partial charge in [0.25, 0.3) is 0 Å². The Kier molecular flexibility index (Phi) is 4.67. The van der Waals surface area contributed by atoms with Crippen molar-refractivity contribution >= 4 is 15.9 Å². The van der Waals surface area contributed by atoms with Crippen molar-refractivity contribution in [3.8, 4) is 0 Å². The van der Waals surface area contributed by atoms with Gasteiger partial charge in [-0.2, -0.15) is 0 Å². The standard InChI is InChI=1S/C16H23Br/c1-3-12(4-2)11-14-10-9-13-7-5-6-8-15(13)16(14)17/h5-8,12,14,16H,3-4,9-11H2,1-2H3. The van der Waals surface area contributed by atoms with Crippen LogP contribution in [-0.2, 0) is 6.42 Å². The minimum absolute atomic E-state index is 0.577.